The molecule has 0 bridgehead atoms. The van der Waals surface area contributed by atoms with Gasteiger partial charge in [0.2, 0.25) is 0 Å². The van der Waals surface area contributed by atoms with E-state index in [9.17, 15) is 9.59 Å². The second-order valence-electron chi connectivity index (χ2n) is 4.69. The molecule has 2 amide bonds. The van der Waals surface area contributed by atoms with Gasteiger partial charge in [-0.3, -0.25) is 0 Å². The fraction of sp³-hybridized carbons (Fsp3) is 0.385. The standard InChI is InChI=1S/C13H17ClN2O3/c1-13(2,11(17)18)16-12(19)15-8-7-9-3-5-10(14)6-4-9/h3-6H,7-8H2,1-2H3,(H,17,18)(H2,15,16,19). The van der Waals surface area contributed by atoms with E-state index in [4.69, 9.17) is 16.7 Å². The molecule has 0 aliphatic heterocycles. The number of urea groups is 1. The van der Waals surface area contributed by atoms with Crippen LogP contribution in [0.4, 0.5) is 4.79 Å². The van der Waals surface area contributed by atoms with Crippen LogP contribution in [0, 0.1) is 0 Å². The van der Waals surface area contributed by atoms with Crippen molar-refractivity contribution in [2.45, 2.75) is 25.8 Å². The van der Waals surface area contributed by atoms with Gasteiger partial charge in [0.25, 0.3) is 0 Å². The first kappa shape index (κ1) is 15.3. The summed E-state index contributed by atoms with van der Waals surface area (Å²) in [5.74, 6) is -1.08. The molecular formula is C13H17ClN2O3. The first-order valence-corrected chi connectivity index (χ1v) is 6.23. The van der Waals surface area contributed by atoms with Crippen molar-refractivity contribution in [2.75, 3.05) is 6.54 Å². The molecule has 0 saturated heterocycles. The van der Waals surface area contributed by atoms with Crippen molar-refractivity contribution >= 4 is 23.6 Å². The monoisotopic (exact) mass is 284 g/mol. The van der Waals surface area contributed by atoms with Gasteiger partial charge in [0.1, 0.15) is 5.54 Å². The lowest BCUT2D eigenvalue weighted by Gasteiger charge is -2.21. The van der Waals surface area contributed by atoms with Crippen LogP contribution in [0.15, 0.2) is 24.3 Å². The van der Waals surface area contributed by atoms with Crippen molar-refractivity contribution in [1.29, 1.82) is 0 Å². The third-order valence-corrected chi connectivity index (χ3v) is 2.83. The summed E-state index contributed by atoms with van der Waals surface area (Å²) in [6, 6.07) is 6.82. The molecule has 0 atom stereocenters. The summed E-state index contributed by atoms with van der Waals surface area (Å²) < 4.78 is 0. The van der Waals surface area contributed by atoms with Crippen LogP contribution in [0.3, 0.4) is 0 Å². The van der Waals surface area contributed by atoms with Crippen LogP contribution in [0.5, 0.6) is 0 Å². The summed E-state index contributed by atoms with van der Waals surface area (Å²) >= 11 is 5.76. The molecule has 1 rings (SSSR count). The summed E-state index contributed by atoms with van der Waals surface area (Å²) in [5, 5.41) is 14.5. The van der Waals surface area contributed by atoms with E-state index in [1.807, 2.05) is 12.1 Å². The second kappa shape index (κ2) is 6.43. The van der Waals surface area contributed by atoms with E-state index in [2.05, 4.69) is 10.6 Å². The number of nitrogens with one attached hydrogen (secondary N) is 2. The summed E-state index contributed by atoms with van der Waals surface area (Å²) in [7, 11) is 0. The van der Waals surface area contributed by atoms with Crippen molar-refractivity contribution in [1.82, 2.24) is 10.6 Å². The Hall–Kier alpha value is -1.75. The highest BCUT2D eigenvalue weighted by Crippen LogP contribution is 2.09. The van der Waals surface area contributed by atoms with E-state index in [0.717, 1.165) is 5.56 Å². The molecule has 0 spiro atoms. The quantitative estimate of drug-likeness (QED) is 0.774. The van der Waals surface area contributed by atoms with Gasteiger partial charge in [-0.25, -0.2) is 9.59 Å². The highest BCUT2D eigenvalue weighted by atomic mass is 35.5. The van der Waals surface area contributed by atoms with Gasteiger partial charge in [0, 0.05) is 11.6 Å². The average Bonchev–Trinajstić information content (AvgIpc) is 2.31. The van der Waals surface area contributed by atoms with E-state index in [1.54, 1.807) is 12.1 Å². The third-order valence-electron chi connectivity index (χ3n) is 2.57. The number of carbonyl (C=O) groups excluding carboxylic acids is 1. The van der Waals surface area contributed by atoms with Gasteiger partial charge >= 0.3 is 12.0 Å². The van der Waals surface area contributed by atoms with E-state index >= 15 is 0 Å². The molecule has 6 heteroatoms. The Morgan fingerprint density at radius 1 is 1.26 bits per heavy atom. The smallest absolute Gasteiger partial charge is 0.328 e. The maximum Gasteiger partial charge on any atom is 0.328 e. The predicted octanol–water partition coefficient (Wildman–Crippen LogP) is 2.04. The van der Waals surface area contributed by atoms with Gasteiger partial charge < -0.3 is 15.7 Å². The molecule has 0 aliphatic carbocycles. The number of carbonyl (C=O) groups is 2. The SMILES string of the molecule is CC(C)(NC(=O)NCCc1ccc(Cl)cc1)C(=O)O. The maximum absolute atomic E-state index is 11.5. The van der Waals surface area contributed by atoms with Gasteiger partial charge in [-0.2, -0.15) is 0 Å². The predicted molar refractivity (Wildman–Crippen MR) is 73.4 cm³/mol. The Labute approximate surface area is 117 Å². The highest BCUT2D eigenvalue weighted by molar-refractivity contribution is 6.30. The molecule has 0 radical (unpaired) electrons. The summed E-state index contributed by atoms with van der Waals surface area (Å²) in [5.41, 5.74) is -0.244. The van der Waals surface area contributed by atoms with E-state index in [1.165, 1.54) is 13.8 Å². The van der Waals surface area contributed by atoms with E-state index in [0.29, 0.717) is 18.0 Å². The molecule has 3 N–H and O–H groups in total. The lowest BCUT2D eigenvalue weighted by Crippen LogP contribution is -2.53. The minimum absolute atomic E-state index is 0.420. The molecule has 0 saturated carbocycles. The van der Waals surface area contributed by atoms with Crippen LogP contribution >= 0.6 is 11.6 Å². The third kappa shape index (κ3) is 5.18. The van der Waals surface area contributed by atoms with Gasteiger partial charge in [0.15, 0.2) is 0 Å². The van der Waals surface area contributed by atoms with Crippen molar-refractivity contribution in [3.05, 3.63) is 34.9 Å². The van der Waals surface area contributed by atoms with Crippen molar-refractivity contribution < 1.29 is 14.7 Å². The van der Waals surface area contributed by atoms with Crippen LogP contribution in [-0.4, -0.2) is 29.2 Å². The molecule has 0 unspecified atom stereocenters. The lowest BCUT2D eigenvalue weighted by atomic mass is 10.1. The van der Waals surface area contributed by atoms with Crippen LogP contribution in [0.25, 0.3) is 0 Å². The topological polar surface area (TPSA) is 78.4 Å². The first-order chi connectivity index (χ1) is 8.81. The highest BCUT2D eigenvalue weighted by Gasteiger charge is 2.28. The van der Waals surface area contributed by atoms with Gasteiger partial charge in [-0.1, -0.05) is 23.7 Å². The number of carboxylic acids is 1. The number of amides is 2. The van der Waals surface area contributed by atoms with Crippen LogP contribution < -0.4 is 10.6 Å². The molecular weight excluding hydrogens is 268 g/mol. The molecule has 0 heterocycles. The summed E-state index contributed by atoms with van der Waals surface area (Å²) in [4.78, 5) is 22.3. The Morgan fingerprint density at radius 3 is 2.37 bits per heavy atom. The average molecular weight is 285 g/mol. The molecule has 1 aromatic rings. The zero-order valence-electron chi connectivity index (χ0n) is 10.9. The molecule has 19 heavy (non-hydrogen) atoms. The van der Waals surface area contributed by atoms with Crippen LogP contribution in [0.1, 0.15) is 19.4 Å². The Balaban J connectivity index is 2.35. The molecule has 0 aromatic heterocycles. The first-order valence-electron chi connectivity index (χ1n) is 5.85. The Morgan fingerprint density at radius 2 is 1.84 bits per heavy atom. The number of carboxylic acid groups (broad SMARTS) is 1. The summed E-state index contributed by atoms with van der Waals surface area (Å²) in [6.07, 6.45) is 0.651. The number of hydrogen-bond acceptors (Lipinski definition) is 2. The maximum atomic E-state index is 11.5. The number of rotatable bonds is 5. The van der Waals surface area contributed by atoms with E-state index < -0.39 is 17.5 Å². The van der Waals surface area contributed by atoms with Crippen molar-refractivity contribution in [3.8, 4) is 0 Å². The molecule has 1 aromatic carbocycles. The van der Waals surface area contributed by atoms with Gasteiger partial charge in [-0.05, 0) is 38.0 Å². The zero-order chi connectivity index (χ0) is 14.5. The van der Waals surface area contributed by atoms with Crippen LogP contribution in [-0.2, 0) is 11.2 Å². The normalized spacial score (nSPS) is 10.9. The molecule has 0 aliphatic rings. The number of hydrogen-bond donors (Lipinski definition) is 3. The lowest BCUT2D eigenvalue weighted by molar-refractivity contribution is -0.142. The number of aliphatic carboxylic acids is 1. The van der Waals surface area contributed by atoms with Crippen molar-refractivity contribution in [2.24, 2.45) is 0 Å². The number of benzene rings is 1. The summed E-state index contributed by atoms with van der Waals surface area (Å²) in [6.45, 7) is 3.27. The molecule has 5 nitrogen and oxygen atoms in total. The Bertz CT molecular complexity index is 457. The molecule has 0 fully saturated rings. The second-order valence-corrected chi connectivity index (χ2v) is 5.12. The fourth-order valence-corrected chi connectivity index (χ4v) is 1.48. The largest absolute Gasteiger partial charge is 0.480 e. The Kier molecular flexibility index (Phi) is 5.18. The molecule has 104 valence electrons. The minimum atomic E-state index is -1.29. The van der Waals surface area contributed by atoms with E-state index in [-0.39, 0.29) is 0 Å². The van der Waals surface area contributed by atoms with Crippen LogP contribution in [0.2, 0.25) is 5.02 Å². The van der Waals surface area contributed by atoms with Gasteiger partial charge in [-0.15, -0.1) is 0 Å². The zero-order valence-corrected chi connectivity index (χ0v) is 11.6. The minimum Gasteiger partial charge on any atom is -0.480 e. The van der Waals surface area contributed by atoms with Crippen molar-refractivity contribution in [3.63, 3.8) is 0 Å². The number of halogens is 1. The van der Waals surface area contributed by atoms with Gasteiger partial charge in [0.05, 0.1) is 0 Å². The fourth-order valence-electron chi connectivity index (χ4n) is 1.35.